The zero-order valence-corrected chi connectivity index (χ0v) is 12.1. The molecule has 2 N–H and O–H groups in total. The van der Waals surface area contributed by atoms with Gasteiger partial charge in [0.25, 0.3) is 0 Å². The molecule has 6 heteroatoms. The number of amides is 1. The molecule has 1 saturated heterocycles. The molecule has 2 aliphatic rings. The van der Waals surface area contributed by atoms with Crippen molar-refractivity contribution in [2.24, 2.45) is 0 Å². The number of imidazole rings is 1. The minimum Gasteiger partial charge on any atom is -0.347 e. The number of H-pyrrole nitrogens is 1. The second kappa shape index (κ2) is 5.93. The predicted octanol–water partition coefficient (Wildman–Crippen LogP) is -0.0218. The molecule has 0 spiro atoms. The van der Waals surface area contributed by atoms with Crippen LogP contribution in [0.5, 0.6) is 0 Å². The highest BCUT2D eigenvalue weighted by Gasteiger charge is 2.28. The number of nitrogens with zero attached hydrogens (tertiary/aromatic N) is 3. The fraction of sp³-hybridized carbons (Fsp3) is 0.714. The molecule has 6 nitrogen and oxygen atoms in total. The molecule has 20 heavy (non-hydrogen) atoms. The number of carbonyl (C=O) groups excluding carboxylic acids is 1. The number of carbonyl (C=O) groups is 1. The number of likely N-dealkylation sites (tertiary alicyclic amines) is 1. The molecule has 1 unspecified atom stereocenters. The molecular formula is C14H23N5O. The molecular weight excluding hydrogens is 254 g/mol. The lowest BCUT2D eigenvalue weighted by Gasteiger charge is -2.28. The van der Waals surface area contributed by atoms with Gasteiger partial charge in [0.2, 0.25) is 5.91 Å². The first kappa shape index (κ1) is 13.6. The topological polar surface area (TPSA) is 64.3 Å². The van der Waals surface area contributed by atoms with Crippen LogP contribution in [0.15, 0.2) is 6.33 Å². The van der Waals surface area contributed by atoms with E-state index in [-0.39, 0.29) is 11.9 Å². The highest BCUT2D eigenvalue weighted by atomic mass is 16.2. The first-order chi connectivity index (χ1) is 9.74. The summed E-state index contributed by atoms with van der Waals surface area (Å²) in [6.45, 7) is 4.86. The summed E-state index contributed by atoms with van der Waals surface area (Å²) in [5.74, 6) is 0.179. The van der Waals surface area contributed by atoms with Crippen LogP contribution in [-0.4, -0.2) is 64.9 Å². The fourth-order valence-electron chi connectivity index (χ4n) is 3.02. The van der Waals surface area contributed by atoms with Gasteiger partial charge in [-0.1, -0.05) is 0 Å². The lowest BCUT2D eigenvalue weighted by atomic mass is 10.0. The Balaban J connectivity index is 1.50. The molecule has 110 valence electrons. The highest BCUT2D eigenvalue weighted by Crippen LogP contribution is 2.13. The molecule has 3 heterocycles. The monoisotopic (exact) mass is 277 g/mol. The number of likely N-dealkylation sites (N-methyl/N-ethyl adjacent to an activating group) is 1. The zero-order chi connectivity index (χ0) is 13.9. The first-order valence-corrected chi connectivity index (χ1v) is 7.46. The molecule has 1 aromatic heterocycles. The molecule has 0 saturated carbocycles. The summed E-state index contributed by atoms with van der Waals surface area (Å²) < 4.78 is 0. The van der Waals surface area contributed by atoms with Crippen LogP contribution >= 0.6 is 0 Å². The van der Waals surface area contributed by atoms with Crippen LogP contribution in [-0.2, 0) is 17.8 Å². The second-order valence-corrected chi connectivity index (χ2v) is 5.77. The van der Waals surface area contributed by atoms with Crippen LogP contribution < -0.4 is 5.32 Å². The van der Waals surface area contributed by atoms with Crippen molar-refractivity contribution >= 4 is 5.91 Å². The van der Waals surface area contributed by atoms with Gasteiger partial charge in [0.05, 0.1) is 23.8 Å². The Labute approximate surface area is 119 Å². The molecule has 1 aromatic rings. The van der Waals surface area contributed by atoms with Crippen molar-refractivity contribution in [1.82, 2.24) is 25.1 Å². The SMILES string of the molecule is CN(CCN1CCCC1)C(=O)C1Cc2nc[nH]c2CN1. The molecule has 0 bridgehead atoms. The van der Waals surface area contributed by atoms with Crippen LogP contribution in [0.3, 0.4) is 0 Å². The molecule has 1 amide bonds. The molecule has 0 aliphatic carbocycles. The summed E-state index contributed by atoms with van der Waals surface area (Å²) >= 11 is 0. The summed E-state index contributed by atoms with van der Waals surface area (Å²) in [5.41, 5.74) is 2.13. The number of rotatable bonds is 4. The Morgan fingerprint density at radius 2 is 2.30 bits per heavy atom. The van der Waals surface area contributed by atoms with E-state index in [0.717, 1.165) is 24.5 Å². The molecule has 0 aromatic carbocycles. The maximum atomic E-state index is 12.4. The van der Waals surface area contributed by atoms with Gasteiger partial charge in [0.1, 0.15) is 0 Å². The van der Waals surface area contributed by atoms with Crippen molar-refractivity contribution in [2.45, 2.75) is 31.8 Å². The molecule has 0 radical (unpaired) electrons. The van der Waals surface area contributed by atoms with Crippen molar-refractivity contribution in [3.63, 3.8) is 0 Å². The quantitative estimate of drug-likeness (QED) is 0.812. The van der Waals surface area contributed by atoms with Gasteiger partial charge in [-0.15, -0.1) is 0 Å². The molecule has 1 atom stereocenters. The van der Waals surface area contributed by atoms with Crippen molar-refractivity contribution in [2.75, 3.05) is 33.2 Å². The van der Waals surface area contributed by atoms with Gasteiger partial charge in [-0.25, -0.2) is 4.98 Å². The van der Waals surface area contributed by atoms with Gasteiger partial charge >= 0.3 is 0 Å². The maximum absolute atomic E-state index is 12.4. The second-order valence-electron chi connectivity index (χ2n) is 5.77. The van der Waals surface area contributed by atoms with Crippen molar-refractivity contribution in [1.29, 1.82) is 0 Å². The molecule has 3 rings (SSSR count). The predicted molar refractivity (Wildman–Crippen MR) is 76.2 cm³/mol. The van der Waals surface area contributed by atoms with Crippen LogP contribution in [0, 0.1) is 0 Å². The first-order valence-electron chi connectivity index (χ1n) is 7.46. The van der Waals surface area contributed by atoms with Crippen LogP contribution in [0.4, 0.5) is 0 Å². The van der Waals surface area contributed by atoms with Crippen LogP contribution in [0.2, 0.25) is 0 Å². The fourth-order valence-corrected chi connectivity index (χ4v) is 3.02. The maximum Gasteiger partial charge on any atom is 0.239 e. The third-order valence-electron chi connectivity index (χ3n) is 4.35. The van der Waals surface area contributed by atoms with Gasteiger partial charge in [-0.3, -0.25) is 10.1 Å². The van der Waals surface area contributed by atoms with Crippen LogP contribution in [0.1, 0.15) is 24.2 Å². The molecule has 1 fully saturated rings. The summed E-state index contributed by atoms with van der Waals surface area (Å²) in [5, 5.41) is 3.29. The Bertz CT molecular complexity index is 466. The number of fused-ring (bicyclic) bond motifs is 1. The van der Waals surface area contributed by atoms with Crippen molar-refractivity contribution < 1.29 is 4.79 Å². The largest absolute Gasteiger partial charge is 0.347 e. The van der Waals surface area contributed by atoms with Gasteiger partial charge < -0.3 is 14.8 Å². The van der Waals surface area contributed by atoms with E-state index in [1.165, 1.54) is 25.9 Å². The van der Waals surface area contributed by atoms with E-state index in [1.54, 1.807) is 6.33 Å². The van der Waals surface area contributed by atoms with Gasteiger partial charge in [-0.2, -0.15) is 0 Å². The van der Waals surface area contributed by atoms with E-state index in [9.17, 15) is 4.79 Å². The Kier molecular flexibility index (Phi) is 4.03. The van der Waals surface area contributed by atoms with Crippen LogP contribution in [0.25, 0.3) is 0 Å². The number of aromatic amines is 1. The third kappa shape index (κ3) is 2.86. The summed E-state index contributed by atoms with van der Waals surface area (Å²) in [6, 6.07) is -0.130. The average Bonchev–Trinajstić information content (AvgIpc) is 3.13. The number of aromatic nitrogens is 2. The highest BCUT2D eigenvalue weighted by molar-refractivity contribution is 5.82. The van der Waals surface area contributed by atoms with Gasteiger partial charge in [0, 0.05) is 33.1 Å². The number of hydrogen-bond donors (Lipinski definition) is 2. The van der Waals surface area contributed by atoms with Gasteiger partial charge in [0.15, 0.2) is 0 Å². The van der Waals surface area contributed by atoms with E-state index in [0.29, 0.717) is 13.0 Å². The number of nitrogens with one attached hydrogen (secondary N) is 2. The zero-order valence-electron chi connectivity index (χ0n) is 12.1. The normalized spacial score (nSPS) is 22.8. The third-order valence-corrected chi connectivity index (χ3v) is 4.35. The summed E-state index contributed by atoms with van der Waals surface area (Å²) in [6.07, 6.45) is 4.98. The average molecular weight is 277 g/mol. The Morgan fingerprint density at radius 3 is 3.10 bits per heavy atom. The standard InChI is InChI=1S/C14H23N5O/c1-18(6-7-19-4-2-3-5-19)14(20)12-8-11-13(9-15-12)17-10-16-11/h10,12,15H,2-9H2,1H3,(H,16,17). The Hall–Kier alpha value is -1.40. The van der Waals surface area contributed by atoms with E-state index >= 15 is 0 Å². The minimum atomic E-state index is -0.130. The molecule has 2 aliphatic heterocycles. The summed E-state index contributed by atoms with van der Waals surface area (Å²) in [4.78, 5) is 24.1. The van der Waals surface area contributed by atoms with E-state index < -0.39 is 0 Å². The van der Waals surface area contributed by atoms with E-state index in [4.69, 9.17) is 0 Å². The lowest BCUT2D eigenvalue weighted by Crippen LogP contribution is -2.49. The van der Waals surface area contributed by atoms with E-state index in [2.05, 4.69) is 20.2 Å². The minimum absolute atomic E-state index is 0.130. The smallest absolute Gasteiger partial charge is 0.239 e. The summed E-state index contributed by atoms with van der Waals surface area (Å²) in [7, 11) is 1.90. The van der Waals surface area contributed by atoms with E-state index in [1.807, 2.05) is 11.9 Å². The lowest BCUT2D eigenvalue weighted by molar-refractivity contribution is -0.132. The van der Waals surface area contributed by atoms with Gasteiger partial charge in [-0.05, 0) is 25.9 Å². The number of hydrogen-bond acceptors (Lipinski definition) is 4. The Morgan fingerprint density at radius 1 is 1.50 bits per heavy atom. The van der Waals surface area contributed by atoms with Crippen molar-refractivity contribution in [3.8, 4) is 0 Å². The van der Waals surface area contributed by atoms with Crippen molar-refractivity contribution in [3.05, 3.63) is 17.7 Å².